The van der Waals surface area contributed by atoms with Crippen LogP contribution in [0.15, 0.2) is 12.1 Å². The van der Waals surface area contributed by atoms with E-state index in [9.17, 15) is 4.39 Å². The van der Waals surface area contributed by atoms with Gasteiger partial charge in [0.1, 0.15) is 5.82 Å². The van der Waals surface area contributed by atoms with Crippen LogP contribution in [0.2, 0.25) is 0 Å². The number of halogens is 1. The Bertz CT molecular complexity index is 504. The minimum atomic E-state index is -0.221. The van der Waals surface area contributed by atoms with Gasteiger partial charge in [0, 0.05) is 6.07 Å². The van der Waals surface area contributed by atoms with Gasteiger partial charge in [0.05, 0.1) is 25.4 Å². The molecule has 130 valence electrons. The second-order valence-electron chi connectivity index (χ2n) is 6.28. The van der Waals surface area contributed by atoms with Gasteiger partial charge in [0.2, 0.25) is 0 Å². The Morgan fingerprint density at radius 3 is 2.17 bits per heavy atom. The molecule has 4 heteroatoms. The highest BCUT2D eigenvalue weighted by Crippen LogP contribution is 2.38. The minimum absolute atomic E-state index is 0.0979. The molecule has 1 aliphatic heterocycles. The summed E-state index contributed by atoms with van der Waals surface area (Å²) in [6.45, 7) is 9.40. The first-order valence-electron chi connectivity index (χ1n) is 8.85. The van der Waals surface area contributed by atoms with Crippen LogP contribution in [0.5, 0.6) is 11.5 Å². The van der Waals surface area contributed by atoms with Crippen LogP contribution < -0.4 is 9.47 Å². The number of rotatable bonds is 10. The fraction of sp³-hybridized carbons (Fsp3) is 0.684. The van der Waals surface area contributed by atoms with Gasteiger partial charge in [-0.2, -0.15) is 0 Å². The molecule has 1 aliphatic rings. The molecule has 0 radical (unpaired) electrons. The zero-order chi connectivity index (χ0) is 16.8. The monoisotopic (exact) mass is 324 g/mol. The molecule has 0 saturated carbocycles. The van der Waals surface area contributed by atoms with Gasteiger partial charge in [-0.1, -0.05) is 27.7 Å². The predicted molar refractivity (Wildman–Crippen MR) is 90.0 cm³/mol. The Labute approximate surface area is 139 Å². The molecule has 3 unspecified atom stereocenters. The summed E-state index contributed by atoms with van der Waals surface area (Å²) < 4.78 is 31.5. The predicted octanol–water partition coefficient (Wildman–Crippen LogP) is 5.07. The zero-order valence-electron chi connectivity index (χ0n) is 14.7. The lowest BCUT2D eigenvalue weighted by molar-refractivity contribution is 0.266. The SMILES string of the molecule is CCCOc1cc(F)c(C(C)CC2OC2CC)cc1OCCC. The van der Waals surface area contributed by atoms with Crippen molar-refractivity contribution in [2.24, 2.45) is 0 Å². The molecule has 1 heterocycles. The van der Waals surface area contributed by atoms with Gasteiger partial charge < -0.3 is 14.2 Å². The van der Waals surface area contributed by atoms with E-state index in [4.69, 9.17) is 14.2 Å². The fourth-order valence-corrected chi connectivity index (χ4v) is 2.80. The molecule has 0 bridgehead atoms. The molecule has 1 fully saturated rings. The first kappa shape index (κ1) is 18.1. The quantitative estimate of drug-likeness (QED) is 0.563. The van der Waals surface area contributed by atoms with Crippen molar-refractivity contribution in [3.8, 4) is 11.5 Å². The number of benzene rings is 1. The van der Waals surface area contributed by atoms with Gasteiger partial charge in [0.15, 0.2) is 11.5 Å². The van der Waals surface area contributed by atoms with Crippen LogP contribution in [0.25, 0.3) is 0 Å². The van der Waals surface area contributed by atoms with Crippen LogP contribution >= 0.6 is 0 Å². The Morgan fingerprint density at radius 1 is 1.04 bits per heavy atom. The molecule has 3 atom stereocenters. The maximum absolute atomic E-state index is 14.5. The molecule has 1 aromatic carbocycles. The Hall–Kier alpha value is -1.29. The molecule has 1 saturated heterocycles. The van der Waals surface area contributed by atoms with E-state index in [1.807, 2.05) is 19.9 Å². The first-order chi connectivity index (χ1) is 11.1. The molecule has 2 rings (SSSR count). The van der Waals surface area contributed by atoms with Crippen molar-refractivity contribution in [2.45, 2.75) is 71.5 Å². The third kappa shape index (κ3) is 4.84. The highest BCUT2D eigenvalue weighted by atomic mass is 19.1. The van der Waals surface area contributed by atoms with E-state index >= 15 is 0 Å². The second-order valence-corrected chi connectivity index (χ2v) is 6.28. The minimum Gasteiger partial charge on any atom is -0.490 e. The molecule has 0 aliphatic carbocycles. The summed E-state index contributed by atoms with van der Waals surface area (Å²) in [6, 6.07) is 3.28. The maximum Gasteiger partial charge on any atom is 0.164 e. The van der Waals surface area contributed by atoms with Crippen molar-refractivity contribution < 1.29 is 18.6 Å². The maximum atomic E-state index is 14.5. The summed E-state index contributed by atoms with van der Waals surface area (Å²) in [5.74, 6) is 1.03. The Kier molecular flexibility index (Phi) is 6.70. The van der Waals surface area contributed by atoms with Crippen molar-refractivity contribution in [2.75, 3.05) is 13.2 Å². The topological polar surface area (TPSA) is 31.0 Å². The molecular formula is C19H29FO3. The van der Waals surface area contributed by atoms with Crippen LogP contribution in [0.1, 0.15) is 64.9 Å². The molecule has 23 heavy (non-hydrogen) atoms. The molecule has 0 spiro atoms. The van der Waals surface area contributed by atoms with Crippen molar-refractivity contribution in [1.82, 2.24) is 0 Å². The van der Waals surface area contributed by atoms with Crippen LogP contribution in [-0.2, 0) is 4.74 Å². The molecule has 0 amide bonds. The summed E-state index contributed by atoms with van der Waals surface area (Å²) in [5.41, 5.74) is 0.685. The Balaban J connectivity index is 2.14. The van der Waals surface area contributed by atoms with Gasteiger partial charge in [0.25, 0.3) is 0 Å². The second kappa shape index (κ2) is 8.53. The Morgan fingerprint density at radius 2 is 1.65 bits per heavy atom. The number of hydrogen-bond acceptors (Lipinski definition) is 3. The van der Waals surface area contributed by atoms with E-state index in [0.29, 0.717) is 36.4 Å². The van der Waals surface area contributed by atoms with Crippen molar-refractivity contribution in [3.05, 3.63) is 23.5 Å². The molecule has 0 N–H and O–H groups in total. The fourth-order valence-electron chi connectivity index (χ4n) is 2.80. The average Bonchev–Trinajstić information content (AvgIpc) is 3.29. The average molecular weight is 324 g/mol. The summed E-state index contributed by atoms with van der Waals surface area (Å²) in [4.78, 5) is 0. The van der Waals surface area contributed by atoms with Crippen molar-refractivity contribution in [1.29, 1.82) is 0 Å². The zero-order valence-corrected chi connectivity index (χ0v) is 14.7. The third-order valence-corrected chi connectivity index (χ3v) is 4.19. The van der Waals surface area contributed by atoms with E-state index in [-0.39, 0.29) is 17.8 Å². The third-order valence-electron chi connectivity index (χ3n) is 4.19. The molecule has 3 nitrogen and oxygen atoms in total. The number of epoxide rings is 1. The first-order valence-corrected chi connectivity index (χ1v) is 8.85. The standard InChI is InChI=1S/C19H29FO3/c1-5-8-21-17-11-14(13(4)10-19-16(7-3)23-19)15(20)12-18(17)22-9-6-2/h11-13,16,19H,5-10H2,1-4H3. The number of hydrogen-bond donors (Lipinski definition) is 0. The molecule has 1 aromatic rings. The van der Waals surface area contributed by atoms with E-state index in [1.165, 1.54) is 6.07 Å². The van der Waals surface area contributed by atoms with Crippen LogP contribution in [0.4, 0.5) is 4.39 Å². The summed E-state index contributed by atoms with van der Waals surface area (Å²) in [6.07, 6.45) is 4.27. The van der Waals surface area contributed by atoms with E-state index in [1.54, 1.807) is 0 Å². The van der Waals surface area contributed by atoms with Crippen molar-refractivity contribution >= 4 is 0 Å². The summed E-state index contributed by atoms with van der Waals surface area (Å²) in [5, 5.41) is 0. The van der Waals surface area contributed by atoms with Crippen LogP contribution in [0.3, 0.4) is 0 Å². The van der Waals surface area contributed by atoms with Gasteiger partial charge in [-0.05, 0) is 43.2 Å². The lowest BCUT2D eigenvalue weighted by Crippen LogP contribution is -2.07. The largest absolute Gasteiger partial charge is 0.490 e. The molecule has 0 aromatic heterocycles. The van der Waals surface area contributed by atoms with Crippen LogP contribution in [0, 0.1) is 5.82 Å². The van der Waals surface area contributed by atoms with Crippen molar-refractivity contribution in [3.63, 3.8) is 0 Å². The normalized spacial score (nSPS) is 21.1. The van der Waals surface area contributed by atoms with Gasteiger partial charge in [-0.25, -0.2) is 4.39 Å². The number of ether oxygens (including phenoxy) is 3. The summed E-state index contributed by atoms with van der Waals surface area (Å²) in [7, 11) is 0. The highest BCUT2D eigenvalue weighted by Gasteiger charge is 2.38. The smallest absolute Gasteiger partial charge is 0.164 e. The summed E-state index contributed by atoms with van der Waals surface area (Å²) >= 11 is 0. The van der Waals surface area contributed by atoms with E-state index < -0.39 is 0 Å². The van der Waals surface area contributed by atoms with E-state index in [2.05, 4.69) is 13.8 Å². The van der Waals surface area contributed by atoms with Gasteiger partial charge >= 0.3 is 0 Å². The lowest BCUT2D eigenvalue weighted by atomic mass is 9.94. The van der Waals surface area contributed by atoms with Gasteiger partial charge in [-0.3, -0.25) is 0 Å². The van der Waals surface area contributed by atoms with Gasteiger partial charge in [-0.15, -0.1) is 0 Å². The molecular weight excluding hydrogens is 295 g/mol. The van der Waals surface area contributed by atoms with E-state index in [0.717, 1.165) is 25.7 Å². The highest BCUT2D eigenvalue weighted by molar-refractivity contribution is 5.45. The lowest BCUT2D eigenvalue weighted by Gasteiger charge is -2.17. The van der Waals surface area contributed by atoms with Crippen LogP contribution in [-0.4, -0.2) is 25.4 Å².